The van der Waals surface area contributed by atoms with E-state index in [1.165, 1.54) is 16.7 Å². The third-order valence-electron chi connectivity index (χ3n) is 3.22. The largest absolute Gasteiger partial charge is 0.311 e. The molecule has 1 aliphatic rings. The Morgan fingerprint density at radius 3 is 2.47 bits per heavy atom. The first-order valence-corrected chi connectivity index (χ1v) is 6.18. The number of rotatable bonds is 1. The quantitative estimate of drug-likeness (QED) is 0.802. The van der Waals surface area contributed by atoms with Crippen molar-refractivity contribution in [2.75, 3.05) is 24.5 Å². The molecular formula is C14H20N2O. The van der Waals surface area contributed by atoms with Gasteiger partial charge < -0.3 is 10.2 Å². The number of nitrogens with one attached hydrogen (secondary N) is 1. The van der Waals surface area contributed by atoms with Gasteiger partial charge in [-0.05, 0) is 44.9 Å². The SMILES string of the molecule is Cc1cc(C)c(N2CCCNCC2=O)c(C)c1. The van der Waals surface area contributed by atoms with Crippen molar-refractivity contribution in [2.24, 2.45) is 0 Å². The van der Waals surface area contributed by atoms with Crippen LogP contribution in [0.2, 0.25) is 0 Å². The lowest BCUT2D eigenvalue weighted by atomic mass is 10.0. The van der Waals surface area contributed by atoms with Crippen molar-refractivity contribution in [3.8, 4) is 0 Å². The minimum Gasteiger partial charge on any atom is -0.311 e. The molecule has 1 aromatic rings. The molecule has 1 aromatic carbocycles. The molecule has 1 amide bonds. The van der Waals surface area contributed by atoms with Gasteiger partial charge in [0.1, 0.15) is 0 Å². The maximum Gasteiger partial charge on any atom is 0.240 e. The second-order valence-corrected chi connectivity index (χ2v) is 4.82. The van der Waals surface area contributed by atoms with Gasteiger partial charge in [0.2, 0.25) is 5.91 Å². The molecule has 1 N–H and O–H groups in total. The van der Waals surface area contributed by atoms with Crippen LogP contribution < -0.4 is 10.2 Å². The highest BCUT2D eigenvalue weighted by Gasteiger charge is 2.21. The molecule has 0 radical (unpaired) electrons. The molecule has 1 fully saturated rings. The number of benzene rings is 1. The molecule has 0 spiro atoms. The molecule has 17 heavy (non-hydrogen) atoms. The van der Waals surface area contributed by atoms with Gasteiger partial charge in [-0.2, -0.15) is 0 Å². The first-order valence-electron chi connectivity index (χ1n) is 6.18. The molecule has 3 heteroatoms. The van der Waals surface area contributed by atoms with Gasteiger partial charge in [0.05, 0.1) is 6.54 Å². The highest BCUT2D eigenvalue weighted by Crippen LogP contribution is 2.27. The Morgan fingerprint density at radius 1 is 1.18 bits per heavy atom. The third-order valence-corrected chi connectivity index (χ3v) is 3.22. The van der Waals surface area contributed by atoms with Crippen molar-refractivity contribution in [1.82, 2.24) is 5.32 Å². The molecule has 3 nitrogen and oxygen atoms in total. The smallest absolute Gasteiger partial charge is 0.240 e. The highest BCUT2D eigenvalue weighted by molar-refractivity contribution is 5.96. The Hall–Kier alpha value is -1.35. The lowest BCUT2D eigenvalue weighted by Gasteiger charge is -2.25. The number of nitrogens with zero attached hydrogens (tertiary/aromatic N) is 1. The van der Waals surface area contributed by atoms with Gasteiger partial charge in [-0.25, -0.2) is 0 Å². The third kappa shape index (κ3) is 2.50. The molecule has 1 heterocycles. The van der Waals surface area contributed by atoms with E-state index in [9.17, 15) is 4.79 Å². The second-order valence-electron chi connectivity index (χ2n) is 4.82. The Morgan fingerprint density at radius 2 is 1.82 bits per heavy atom. The van der Waals surface area contributed by atoms with Gasteiger partial charge >= 0.3 is 0 Å². The van der Waals surface area contributed by atoms with Gasteiger partial charge in [0.25, 0.3) is 0 Å². The molecule has 0 unspecified atom stereocenters. The summed E-state index contributed by atoms with van der Waals surface area (Å²) in [5, 5.41) is 3.16. The summed E-state index contributed by atoms with van der Waals surface area (Å²) < 4.78 is 0. The molecule has 0 atom stereocenters. The average molecular weight is 232 g/mol. The Kier molecular flexibility index (Phi) is 3.48. The van der Waals surface area contributed by atoms with E-state index in [1.54, 1.807) is 0 Å². The van der Waals surface area contributed by atoms with E-state index in [2.05, 4.69) is 38.2 Å². The zero-order chi connectivity index (χ0) is 12.4. The molecule has 0 bridgehead atoms. The maximum absolute atomic E-state index is 12.1. The highest BCUT2D eigenvalue weighted by atomic mass is 16.2. The summed E-state index contributed by atoms with van der Waals surface area (Å²) in [6.07, 6.45) is 1.01. The molecule has 1 aliphatic heterocycles. The topological polar surface area (TPSA) is 32.3 Å². The Bertz CT molecular complexity index is 417. The summed E-state index contributed by atoms with van der Waals surface area (Å²) in [4.78, 5) is 14.0. The van der Waals surface area contributed by atoms with Crippen molar-refractivity contribution >= 4 is 11.6 Å². The van der Waals surface area contributed by atoms with Gasteiger partial charge in [-0.1, -0.05) is 17.7 Å². The zero-order valence-electron chi connectivity index (χ0n) is 10.8. The van der Waals surface area contributed by atoms with Crippen molar-refractivity contribution < 1.29 is 4.79 Å². The van der Waals surface area contributed by atoms with Crippen molar-refractivity contribution in [1.29, 1.82) is 0 Å². The van der Waals surface area contributed by atoms with Crippen LogP contribution in [0.15, 0.2) is 12.1 Å². The van der Waals surface area contributed by atoms with Crippen LogP contribution in [0, 0.1) is 20.8 Å². The predicted octanol–water partition coefficient (Wildman–Crippen LogP) is 1.94. The molecule has 1 saturated heterocycles. The van der Waals surface area contributed by atoms with Crippen LogP contribution >= 0.6 is 0 Å². The van der Waals surface area contributed by atoms with Crippen LogP contribution in [0.4, 0.5) is 5.69 Å². The second kappa shape index (κ2) is 4.88. The number of hydrogen-bond acceptors (Lipinski definition) is 2. The zero-order valence-corrected chi connectivity index (χ0v) is 10.8. The van der Waals surface area contributed by atoms with Gasteiger partial charge in [-0.3, -0.25) is 4.79 Å². The molecule has 0 aromatic heterocycles. The summed E-state index contributed by atoms with van der Waals surface area (Å²) in [5.41, 5.74) is 4.74. The van der Waals surface area contributed by atoms with Crippen LogP contribution in [-0.4, -0.2) is 25.5 Å². The van der Waals surface area contributed by atoms with Crippen LogP contribution in [0.3, 0.4) is 0 Å². The van der Waals surface area contributed by atoms with E-state index < -0.39 is 0 Å². The summed E-state index contributed by atoms with van der Waals surface area (Å²) in [6.45, 7) is 8.45. The van der Waals surface area contributed by atoms with E-state index in [1.807, 2.05) is 4.90 Å². The van der Waals surface area contributed by atoms with Crippen molar-refractivity contribution in [3.05, 3.63) is 28.8 Å². The summed E-state index contributed by atoms with van der Waals surface area (Å²) in [6, 6.07) is 4.29. The molecule has 92 valence electrons. The van der Waals surface area contributed by atoms with Gasteiger partial charge in [0.15, 0.2) is 0 Å². The fourth-order valence-corrected chi connectivity index (χ4v) is 2.61. The molecule has 0 saturated carbocycles. The molecule has 0 aliphatic carbocycles. The van der Waals surface area contributed by atoms with Crippen LogP contribution in [0.5, 0.6) is 0 Å². The number of amides is 1. The summed E-state index contributed by atoms with van der Waals surface area (Å²) in [5.74, 6) is 0.178. The van der Waals surface area contributed by atoms with Crippen LogP contribution in [0.25, 0.3) is 0 Å². The van der Waals surface area contributed by atoms with Gasteiger partial charge in [-0.15, -0.1) is 0 Å². The minimum atomic E-state index is 0.178. The molecule has 2 rings (SSSR count). The van der Waals surface area contributed by atoms with Crippen molar-refractivity contribution in [3.63, 3.8) is 0 Å². The van der Waals surface area contributed by atoms with Crippen LogP contribution in [-0.2, 0) is 4.79 Å². The lowest BCUT2D eigenvalue weighted by molar-refractivity contribution is -0.117. The number of carbonyl (C=O) groups is 1. The van der Waals surface area contributed by atoms with E-state index in [4.69, 9.17) is 0 Å². The number of hydrogen-bond donors (Lipinski definition) is 1. The van der Waals surface area contributed by atoms with Gasteiger partial charge in [0, 0.05) is 12.2 Å². The van der Waals surface area contributed by atoms with Crippen molar-refractivity contribution in [2.45, 2.75) is 27.2 Å². The number of carbonyl (C=O) groups excluding carboxylic acids is 1. The standard InChI is InChI=1S/C14H20N2O/c1-10-7-11(2)14(12(3)8-10)16-6-4-5-15-9-13(16)17/h7-8,15H,4-6,9H2,1-3H3. The predicted molar refractivity (Wildman–Crippen MR) is 70.5 cm³/mol. The minimum absolute atomic E-state index is 0.178. The first-order chi connectivity index (χ1) is 8.09. The first kappa shape index (κ1) is 12.1. The van der Waals surface area contributed by atoms with E-state index in [0.29, 0.717) is 6.54 Å². The average Bonchev–Trinajstić information content (AvgIpc) is 2.43. The molecular weight excluding hydrogens is 212 g/mol. The fourth-order valence-electron chi connectivity index (χ4n) is 2.61. The lowest BCUT2D eigenvalue weighted by Crippen LogP contribution is -2.35. The monoisotopic (exact) mass is 232 g/mol. The Labute approximate surface area is 103 Å². The van der Waals surface area contributed by atoms with E-state index >= 15 is 0 Å². The summed E-state index contributed by atoms with van der Waals surface area (Å²) in [7, 11) is 0. The van der Waals surface area contributed by atoms with Crippen LogP contribution in [0.1, 0.15) is 23.1 Å². The number of aryl methyl sites for hydroxylation is 3. The fraction of sp³-hybridized carbons (Fsp3) is 0.500. The van der Waals surface area contributed by atoms with E-state index in [0.717, 1.165) is 25.2 Å². The summed E-state index contributed by atoms with van der Waals surface area (Å²) >= 11 is 0. The van der Waals surface area contributed by atoms with E-state index in [-0.39, 0.29) is 5.91 Å². The Balaban J connectivity index is 2.41. The normalized spacial score (nSPS) is 17.1. The maximum atomic E-state index is 12.1. The number of anilines is 1.